The van der Waals surface area contributed by atoms with Gasteiger partial charge in [-0.3, -0.25) is 4.79 Å². The van der Waals surface area contributed by atoms with Gasteiger partial charge in [-0.05, 0) is 43.1 Å². The van der Waals surface area contributed by atoms with Crippen molar-refractivity contribution >= 4 is 24.2 Å². The molecule has 0 aliphatic carbocycles. The normalized spacial score (nSPS) is 21.8. The Morgan fingerprint density at radius 3 is 2.71 bits per heavy atom. The maximum Gasteiger partial charge on any atom is 0.227 e. The second-order valence-electron chi connectivity index (χ2n) is 6.23. The van der Waals surface area contributed by atoms with Crippen LogP contribution in [0.4, 0.5) is 5.69 Å². The number of ether oxygens (including phenoxy) is 1. The number of carbonyl (C=O) groups excluding carboxylic acids is 1. The molecule has 2 heterocycles. The van der Waals surface area contributed by atoms with Crippen LogP contribution in [-0.2, 0) is 16.0 Å². The first-order valence-electron chi connectivity index (χ1n) is 7.81. The lowest BCUT2D eigenvalue weighted by Gasteiger charge is -2.40. The number of fused-ring (bicyclic) bond motifs is 1. The molecule has 0 saturated carbocycles. The molecule has 1 aromatic carbocycles. The third-order valence-corrected chi connectivity index (χ3v) is 5.47. The van der Waals surface area contributed by atoms with Gasteiger partial charge >= 0.3 is 0 Å². The molecule has 3 nitrogen and oxygen atoms in total. The molecule has 1 fully saturated rings. The Balaban J connectivity index is 1.90. The van der Waals surface area contributed by atoms with E-state index in [0.717, 1.165) is 56.9 Å². The minimum atomic E-state index is 0.0917. The molecule has 0 atom stereocenters. The fourth-order valence-electron chi connectivity index (χ4n) is 3.36. The lowest BCUT2D eigenvalue weighted by Crippen LogP contribution is -2.45. The van der Waals surface area contributed by atoms with E-state index in [2.05, 4.69) is 30.8 Å². The molecule has 0 N–H and O–H groups in total. The molecule has 1 saturated heterocycles. The van der Waals surface area contributed by atoms with Crippen molar-refractivity contribution < 1.29 is 9.53 Å². The van der Waals surface area contributed by atoms with Crippen molar-refractivity contribution in [3.8, 4) is 0 Å². The average Bonchev–Trinajstić information content (AvgIpc) is 2.68. The monoisotopic (exact) mass is 305 g/mol. The van der Waals surface area contributed by atoms with Gasteiger partial charge in [0.15, 0.2) is 0 Å². The van der Waals surface area contributed by atoms with Crippen LogP contribution in [0.1, 0.15) is 31.2 Å². The minimum Gasteiger partial charge on any atom is -0.381 e. The molecule has 4 heteroatoms. The molecule has 21 heavy (non-hydrogen) atoms. The van der Waals surface area contributed by atoms with Crippen molar-refractivity contribution in [3.63, 3.8) is 0 Å². The molecule has 1 amide bonds. The van der Waals surface area contributed by atoms with Gasteiger partial charge in [-0.25, -0.2) is 0 Å². The Morgan fingerprint density at radius 1 is 1.19 bits per heavy atom. The first-order chi connectivity index (χ1) is 10.2. The van der Waals surface area contributed by atoms with Gasteiger partial charge in [-0.2, -0.15) is 12.6 Å². The lowest BCUT2D eigenvalue weighted by molar-refractivity contribution is -0.119. The largest absolute Gasteiger partial charge is 0.381 e. The topological polar surface area (TPSA) is 29.5 Å². The third kappa shape index (κ3) is 3.11. The highest BCUT2D eigenvalue weighted by Gasteiger charge is 2.36. The number of amides is 1. The van der Waals surface area contributed by atoms with Gasteiger partial charge in [0, 0.05) is 37.3 Å². The van der Waals surface area contributed by atoms with Crippen molar-refractivity contribution in [3.05, 3.63) is 29.8 Å². The van der Waals surface area contributed by atoms with Gasteiger partial charge in [-0.15, -0.1) is 0 Å². The molecule has 3 rings (SSSR count). The van der Waals surface area contributed by atoms with Crippen molar-refractivity contribution in [2.75, 3.05) is 30.4 Å². The van der Waals surface area contributed by atoms with E-state index in [0.29, 0.717) is 6.42 Å². The van der Waals surface area contributed by atoms with Crippen molar-refractivity contribution in [2.45, 2.75) is 32.1 Å². The summed E-state index contributed by atoms with van der Waals surface area (Å²) in [4.78, 5) is 14.6. The van der Waals surface area contributed by atoms with Gasteiger partial charge in [0.25, 0.3) is 0 Å². The molecular weight excluding hydrogens is 282 g/mol. The fourth-order valence-corrected chi connectivity index (χ4v) is 3.78. The average molecular weight is 305 g/mol. The molecule has 0 spiro atoms. The number of benzene rings is 1. The number of hydrogen-bond acceptors (Lipinski definition) is 3. The summed E-state index contributed by atoms with van der Waals surface area (Å²) in [5, 5.41) is 0. The van der Waals surface area contributed by atoms with Crippen LogP contribution < -0.4 is 4.90 Å². The summed E-state index contributed by atoms with van der Waals surface area (Å²) in [6.07, 6.45) is 4.57. The number of nitrogens with zero attached hydrogens (tertiary/aromatic N) is 1. The van der Waals surface area contributed by atoms with E-state index in [1.54, 1.807) is 0 Å². The second-order valence-corrected chi connectivity index (χ2v) is 6.55. The summed E-state index contributed by atoms with van der Waals surface area (Å²) >= 11 is 4.58. The number of rotatable bonds is 3. The predicted molar refractivity (Wildman–Crippen MR) is 88.1 cm³/mol. The Bertz CT molecular complexity index is 511. The first-order valence-corrected chi connectivity index (χ1v) is 8.44. The van der Waals surface area contributed by atoms with Crippen LogP contribution >= 0.6 is 12.6 Å². The highest BCUT2D eigenvalue weighted by atomic mass is 32.1. The van der Waals surface area contributed by atoms with E-state index in [9.17, 15) is 4.79 Å². The van der Waals surface area contributed by atoms with Crippen molar-refractivity contribution in [2.24, 2.45) is 5.41 Å². The molecule has 114 valence electrons. The van der Waals surface area contributed by atoms with Crippen LogP contribution in [0.5, 0.6) is 0 Å². The maximum atomic E-state index is 12.6. The van der Waals surface area contributed by atoms with Crippen LogP contribution in [0.15, 0.2) is 24.3 Å². The van der Waals surface area contributed by atoms with Gasteiger partial charge in [0.1, 0.15) is 0 Å². The summed E-state index contributed by atoms with van der Waals surface area (Å²) in [6, 6.07) is 8.33. The van der Waals surface area contributed by atoms with Crippen LogP contribution in [-0.4, -0.2) is 31.4 Å². The molecule has 0 unspecified atom stereocenters. The smallest absolute Gasteiger partial charge is 0.227 e. The van der Waals surface area contributed by atoms with Gasteiger partial charge < -0.3 is 9.64 Å². The van der Waals surface area contributed by atoms with Crippen LogP contribution in [0.25, 0.3) is 0 Å². The highest BCUT2D eigenvalue weighted by Crippen LogP contribution is 2.36. The van der Waals surface area contributed by atoms with E-state index in [1.807, 2.05) is 11.0 Å². The number of anilines is 1. The van der Waals surface area contributed by atoms with Crippen molar-refractivity contribution in [1.29, 1.82) is 0 Å². The zero-order valence-corrected chi connectivity index (χ0v) is 13.3. The zero-order chi connectivity index (χ0) is 14.7. The lowest BCUT2D eigenvalue weighted by atomic mass is 9.81. The Kier molecular flexibility index (Phi) is 4.55. The summed E-state index contributed by atoms with van der Waals surface area (Å²) in [7, 11) is 0. The summed E-state index contributed by atoms with van der Waals surface area (Å²) < 4.78 is 5.50. The van der Waals surface area contributed by atoms with Gasteiger partial charge in [0.05, 0.1) is 0 Å². The Morgan fingerprint density at radius 2 is 1.95 bits per heavy atom. The fraction of sp³-hybridized carbons (Fsp3) is 0.588. The van der Waals surface area contributed by atoms with Crippen LogP contribution in [0.3, 0.4) is 0 Å². The van der Waals surface area contributed by atoms with Gasteiger partial charge in [-0.1, -0.05) is 18.2 Å². The number of thiol groups is 1. The van der Waals surface area contributed by atoms with E-state index in [1.165, 1.54) is 5.56 Å². The van der Waals surface area contributed by atoms with Crippen LogP contribution in [0.2, 0.25) is 0 Å². The van der Waals surface area contributed by atoms with E-state index < -0.39 is 0 Å². The number of para-hydroxylation sites is 1. The number of carbonyl (C=O) groups is 1. The Labute approximate surface area is 132 Å². The van der Waals surface area contributed by atoms with E-state index in [-0.39, 0.29) is 11.3 Å². The zero-order valence-electron chi connectivity index (χ0n) is 12.4. The van der Waals surface area contributed by atoms with E-state index >= 15 is 0 Å². The Hall–Kier alpha value is -1.00. The van der Waals surface area contributed by atoms with Crippen molar-refractivity contribution in [1.82, 2.24) is 0 Å². The SMILES string of the molecule is O=C1CCCc2ccccc2N1CC1(CS)CCOCC1. The standard InChI is InChI=1S/C17H23NO2S/c19-16-7-3-5-14-4-1-2-6-15(14)18(16)12-17(13-21)8-10-20-11-9-17/h1-2,4,6,21H,3,5,7-13H2. The quantitative estimate of drug-likeness (QED) is 0.870. The molecule has 0 radical (unpaired) electrons. The molecule has 2 aliphatic heterocycles. The molecule has 0 bridgehead atoms. The molecular formula is C17H23NO2S. The van der Waals surface area contributed by atoms with E-state index in [4.69, 9.17) is 4.74 Å². The maximum absolute atomic E-state index is 12.6. The molecule has 0 aromatic heterocycles. The number of hydrogen-bond donors (Lipinski definition) is 1. The highest BCUT2D eigenvalue weighted by molar-refractivity contribution is 7.80. The van der Waals surface area contributed by atoms with Crippen LogP contribution in [0, 0.1) is 5.41 Å². The van der Waals surface area contributed by atoms with Gasteiger partial charge in [0.2, 0.25) is 5.91 Å². The molecule has 2 aliphatic rings. The summed E-state index contributed by atoms with van der Waals surface area (Å²) in [6.45, 7) is 2.34. The summed E-state index contributed by atoms with van der Waals surface area (Å²) in [5.74, 6) is 1.06. The minimum absolute atomic E-state index is 0.0917. The molecule has 1 aromatic rings. The second kappa shape index (κ2) is 6.41. The first kappa shape index (κ1) is 14.9. The summed E-state index contributed by atoms with van der Waals surface area (Å²) in [5.41, 5.74) is 2.49. The third-order valence-electron chi connectivity index (χ3n) is 4.80. The number of aryl methyl sites for hydroxylation is 1. The predicted octanol–water partition coefficient (Wildman–Crippen LogP) is 3.08.